The minimum atomic E-state index is 0.0565. The summed E-state index contributed by atoms with van der Waals surface area (Å²) in [5, 5.41) is 0. The number of fused-ring (bicyclic) bond motifs is 6. The van der Waals surface area contributed by atoms with Crippen LogP contribution in [0.2, 0.25) is 0 Å². The zero-order chi connectivity index (χ0) is 32.1. The molecule has 3 aliphatic heterocycles. The second kappa shape index (κ2) is 9.26. The molecule has 48 heavy (non-hydrogen) atoms. The van der Waals surface area contributed by atoms with E-state index in [-0.39, 0.29) is 17.5 Å². The van der Waals surface area contributed by atoms with Gasteiger partial charge in [0.25, 0.3) is 6.71 Å². The van der Waals surface area contributed by atoms with E-state index in [9.17, 15) is 0 Å². The molecule has 4 aliphatic carbocycles. The summed E-state index contributed by atoms with van der Waals surface area (Å²) in [5.41, 5.74) is 18.5. The number of anilines is 6. The summed E-state index contributed by atoms with van der Waals surface area (Å²) in [7, 11) is 0. The Kier molecular flexibility index (Phi) is 5.34. The molecular weight excluding hydrogens is 579 g/mol. The van der Waals surface area contributed by atoms with Crippen LogP contribution in [0.15, 0.2) is 103 Å². The molecule has 1 spiro atoms. The quantitative estimate of drug-likeness (QED) is 0.168. The van der Waals surface area contributed by atoms with Crippen LogP contribution in [0.5, 0.6) is 0 Å². The van der Waals surface area contributed by atoms with Gasteiger partial charge in [-0.2, -0.15) is 0 Å². The summed E-state index contributed by atoms with van der Waals surface area (Å²) >= 11 is 0. The van der Waals surface area contributed by atoms with Gasteiger partial charge in [-0.05, 0) is 138 Å². The van der Waals surface area contributed by atoms with Gasteiger partial charge in [-0.1, -0.05) is 93.1 Å². The highest BCUT2D eigenvalue weighted by Gasteiger charge is 2.62. The Morgan fingerprint density at radius 2 is 1.25 bits per heavy atom. The monoisotopic (exact) mass is 622 g/mol. The Bertz CT molecular complexity index is 2140. The molecule has 5 aromatic rings. The van der Waals surface area contributed by atoms with E-state index in [0.29, 0.717) is 0 Å². The van der Waals surface area contributed by atoms with E-state index in [0.717, 1.165) is 23.7 Å². The molecule has 7 aliphatic rings. The number of nitrogens with zero attached hydrogens (tertiary/aromatic N) is 2. The van der Waals surface area contributed by atoms with Crippen molar-refractivity contribution in [2.75, 3.05) is 9.80 Å². The van der Waals surface area contributed by atoms with Crippen LogP contribution in [0.4, 0.5) is 34.1 Å². The van der Waals surface area contributed by atoms with E-state index in [4.69, 9.17) is 0 Å². The lowest BCUT2D eigenvalue weighted by Gasteiger charge is -2.64. The fourth-order valence-corrected chi connectivity index (χ4v) is 12.0. The number of benzene rings is 5. The maximum atomic E-state index is 2.70. The summed E-state index contributed by atoms with van der Waals surface area (Å²) < 4.78 is 0. The van der Waals surface area contributed by atoms with Gasteiger partial charge < -0.3 is 9.80 Å². The van der Waals surface area contributed by atoms with Crippen molar-refractivity contribution in [3.05, 3.63) is 125 Å². The number of hydrogen-bond donors (Lipinski definition) is 0. The Morgan fingerprint density at radius 3 is 1.98 bits per heavy atom. The average molecular weight is 623 g/mol. The SMILES string of the molecule is Cc1ccc(N2c3cc(C(C)(C)C)ccc3B3c4cccc5c4N(c4ccccc4C54C5CC6CC(C5)CC4C6)c4cccc2c43)cc1. The average Bonchev–Trinajstić information content (AvgIpc) is 3.08. The van der Waals surface area contributed by atoms with Gasteiger partial charge in [-0.3, -0.25) is 0 Å². The number of rotatable bonds is 1. The Labute approximate surface area is 285 Å². The van der Waals surface area contributed by atoms with E-state index >= 15 is 0 Å². The standard InChI is InChI=1S/C45H43BN2/c1-27-15-18-33(19-16-27)47-39-13-8-14-40-42(39)46(36-20-17-30(26-41(36)47)44(2,3)4)37-11-7-10-35-43(37)48(40)38-12-6-5-9-34(38)45(35)31-22-28-21-29(24-31)25-32(45)23-28/h5-20,26,28-29,31-32H,21-25H2,1-4H3. The Balaban J connectivity index is 1.23. The van der Waals surface area contributed by atoms with Crippen LogP contribution in [-0.4, -0.2) is 6.71 Å². The Morgan fingerprint density at radius 1 is 0.604 bits per heavy atom. The first kappa shape index (κ1) is 27.7. The summed E-state index contributed by atoms with van der Waals surface area (Å²) in [6, 6.07) is 40.7. The van der Waals surface area contributed by atoms with Crippen LogP contribution >= 0.6 is 0 Å². The van der Waals surface area contributed by atoms with Gasteiger partial charge in [0.15, 0.2) is 0 Å². The highest BCUT2D eigenvalue weighted by molar-refractivity contribution is 7.00. The highest BCUT2D eigenvalue weighted by atomic mass is 15.2. The van der Waals surface area contributed by atoms with Crippen LogP contribution in [-0.2, 0) is 10.8 Å². The molecule has 0 unspecified atom stereocenters. The molecule has 0 radical (unpaired) electrons. The van der Waals surface area contributed by atoms with Crippen molar-refractivity contribution >= 4 is 57.2 Å². The van der Waals surface area contributed by atoms with Gasteiger partial charge in [0.2, 0.25) is 0 Å². The van der Waals surface area contributed by atoms with Crippen molar-refractivity contribution in [2.45, 2.75) is 70.6 Å². The molecule has 4 bridgehead atoms. The maximum Gasteiger partial charge on any atom is 0.252 e. The summed E-state index contributed by atoms with van der Waals surface area (Å²) in [5.74, 6) is 3.34. The fraction of sp³-hybridized carbons (Fsp3) is 0.333. The minimum absolute atomic E-state index is 0.0565. The predicted octanol–water partition coefficient (Wildman–Crippen LogP) is 9.43. The first-order chi connectivity index (χ1) is 23.3. The summed E-state index contributed by atoms with van der Waals surface area (Å²) in [4.78, 5) is 5.26. The lowest BCUT2D eigenvalue weighted by atomic mass is 9.32. The molecule has 0 N–H and O–H groups in total. The van der Waals surface area contributed by atoms with Gasteiger partial charge in [0.1, 0.15) is 0 Å². The number of para-hydroxylation sites is 2. The van der Waals surface area contributed by atoms with Gasteiger partial charge in [0, 0.05) is 33.9 Å². The first-order valence-electron chi connectivity index (χ1n) is 18.5. The smallest absolute Gasteiger partial charge is 0.252 e. The van der Waals surface area contributed by atoms with Crippen molar-refractivity contribution in [1.29, 1.82) is 0 Å². The molecule has 12 rings (SSSR count). The Hall–Kier alpha value is -4.24. The third-order valence-electron chi connectivity index (χ3n) is 13.6. The van der Waals surface area contributed by atoms with Crippen LogP contribution < -0.4 is 26.2 Å². The van der Waals surface area contributed by atoms with Crippen molar-refractivity contribution < 1.29 is 0 Å². The predicted molar refractivity (Wildman–Crippen MR) is 202 cm³/mol. The number of aryl methyl sites for hydroxylation is 1. The van der Waals surface area contributed by atoms with E-state index in [1.807, 2.05) is 0 Å². The summed E-state index contributed by atoms with van der Waals surface area (Å²) in [6.45, 7) is 9.40. The van der Waals surface area contributed by atoms with Crippen molar-refractivity contribution in [2.24, 2.45) is 23.7 Å². The molecule has 3 heterocycles. The highest BCUT2D eigenvalue weighted by Crippen LogP contribution is 2.69. The van der Waals surface area contributed by atoms with E-state index in [1.54, 1.807) is 11.1 Å². The third kappa shape index (κ3) is 3.36. The largest absolute Gasteiger partial charge is 0.311 e. The van der Waals surface area contributed by atoms with Crippen molar-refractivity contribution in [3.8, 4) is 0 Å². The van der Waals surface area contributed by atoms with Crippen LogP contribution in [0, 0.1) is 30.6 Å². The molecule has 3 heteroatoms. The molecule has 0 atom stereocenters. The van der Waals surface area contributed by atoms with E-state index in [1.165, 1.54) is 93.7 Å². The fourth-order valence-electron chi connectivity index (χ4n) is 12.0. The topological polar surface area (TPSA) is 6.48 Å². The molecule has 0 aromatic heterocycles. The second-order valence-corrected chi connectivity index (χ2v) is 17.1. The number of hydrogen-bond acceptors (Lipinski definition) is 2. The van der Waals surface area contributed by atoms with Crippen LogP contribution in [0.25, 0.3) is 0 Å². The normalized spacial score (nSPS) is 26.7. The molecule has 2 nitrogen and oxygen atoms in total. The lowest BCUT2D eigenvalue weighted by Crippen LogP contribution is -2.64. The third-order valence-corrected chi connectivity index (χ3v) is 13.6. The van der Waals surface area contributed by atoms with Crippen molar-refractivity contribution in [1.82, 2.24) is 0 Å². The molecule has 4 fully saturated rings. The van der Waals surface area contributed by atoms with E-state index < -0.39 is 0 Å². The molecule has 4 saturated carbocycles. The minimum Gasteiger partial charge on any atom is -0.311 e. The first-order valence-corrected chi connectivity index (χ1v) is 18.5. The molecular formula is C45H43BN2. The zero-order valence-corrected chi connectivity index (χ0v) is 28.6. The van der Waals surface area contributed by atoms with Gasteiger partial charge in [-0.25, -0.2) is 0 Å². The van der Waals surface area contributed by atoms with Crippen LogP contribution in [0.1, 0.15) is 75.1 Å². The summed E-state index contributed by atoms with van der Waals surface area (Å²) in [6.07, 6.45) is 7.09. The maximum absolute atomic E-state index is 2.70. The molecule has 236 valence electrons. The van der Waals surface area contributed by atoms with Crippen molar-refractivity contribution in [3.63, 3.8) is 0 Å². The van der Waals surface area contributed by atoms with Gasteiger partial charge in [-0.15, -0.1) is 0 Å². The zero-order valence-electron chi connectivity index (χ0n) is 28.6. The van der Waals surface area contributed by atoms with E-state index in [2.05, 4.69) is 141 Å². The van der Waals surface area contributed by atoms with Gasteiger partial charge >= 0.3 is 0 Å². The van der Waals surface area contributed by atoms with Gasteiger partial charge in [0.05, 0.1) is 5.69 Å². The molecule has 5 aromatic carbocycles. The lowest BCUT2D eigenvalue weighted by molar-refractivity contribution is -0.0419. The molecule has 0 saturated heterocycles. The molecule has 0 amide bonds. The van der Waals surface area contributed by atoms with Crippen LogP contribution in [0.3, 0.4) is 0 Å². The second-order valence-electron chi connectivity index (χ2n) is 17.1.